The van der Waals surface area contributed by atoms with Crippen molar-refractivity contribution in [2.24, 2.45) is 0 Å². The highest BCUT2D eigenvalue weighted by Crippen LogP contribution is 2.47. The van der Waals surface area contributed by atoms with E-state index in [9.17, 15) is 5.11 Å². The van der Waals surface area contributed by atoms with Gasteiger partial charge in [-0.25, -0.2) is 0 Å². The van der Waals surface area contributed by atoms with Gasteiger partial charge in [0.25, 0.3) is 0 Å². The van der Waals surface area contributed by atoms with E-state index in [0.717, 1.165) is 28.3 Å². The molecule has 3 rings (SSSR count). The molecule has 1 heterocycles. The molecule has 98 valence electrons. The molecule has 0 amide bonds. The summed E-state index contributed by atoms with van der Waals surface area (Å²) in [6, 6.07) is 9.59. The van der Waals surface area contributed by atoms with Gasteiger partial charge in [-0.15, -0.1) is 0 Å². The molecule has 0 unspecified atom stereocenters. The molecule has 4 nitrogen and oxygen atoms in total. The van der Waals surface area contributed by atoms with Gasteiger partial charge in [-0.05, 0) is 42.3 Å². The Hall–Kier alpha value is -2.20. The van der Waals surface area contributed by atoms with Crippen molar-refractivity contribution in [3.63, 3.8) is 0 Å². The fourth-order valence-corrected chi connectivity index (χ4v) is 2.17. The zero-order valence-corrected chi connectivity index (χ0v) is 10.9. The van der Waals surface area contributed by atoms with Crippen LogP contribution in [0.2, 0.25) is 0 Å². The number of rotatable bonds is 2. The molecule has 1 aliphatic rings. The van der Waals surface area contributed by atoms with Gasteiger partial charge in [-0.2, -0.15) is 0 Å². The van der Waals surface area contributed by atoms with E-state index in [1.165, 1.54) is 0 Å². The molecule has 19 heavy (non-hydrogen) atoms. The Balaban J connectivity index is 2.11. The standard InChI is InChI=1S/C15H15NO3/c1-9-3-4-11-12(5-9)19-14-7-10(8-17)6-13(18-2)15(14)16-11/h3-7,16-17H,8H2,1-2H3. The number of nitrogens with one attached hydrogen (secondary N) is 1. The summed E-state index contributed by atoms with van der Waals surface area (Å²) in [5, 5.41) is 12.6. The van der Waals surface area contributed by atoms with Crippen molar-refractivity contribution in [2.45, 2.75) is 13.5 Å². The molecule has 2 aromatic rings. The largest absolute Gasteiger partial charge is 0.494 e. The quantitative estimate of drug-likeness (QED) is 0.739. The van der Waals surface area contributed by atoms with Crippen LogP contribution in [0.1, 0.15) is 11.1 Å². The highest BCUT2D eigenvalue weighted by molar-refractivity contribution is 5.80. The first-order valence-electron chi connectivity index (χ1n) is 6.08. The summed E-state index contributed by atoms with van der Waals surface area (Å²) in [6.07, 6.45) is 0. The average Bonchev–Trinajstić information content (AvgIpc) is 2.43. The molecule has 0 saturated heterocycles. The van der Waals surface area contributed by atoms with Crippen molar-refractivity contribution in [3.8, 4) is 17.2 Å². The highest BCUT2D eigenvalue weighted by Gasteiger charge is 2.21. The maximum atomic E-state index is 9.27. The molecule has 0 aromatic heterocycles. The number of ether oxygens (including phenoxy) is 2. The molecule has 2 aromatic carbocycles. The second-order valence-electron chi connectivity index (χ2n) is 4.56. The second kappa shape index (κ2) is 4.48. The van der Waals surface area contributed by atoms with Crippen LogP contribution in [-0.4, -0.2) is 12.2 Å². The Labute approximate surface area is 111 Å². The summed E-state index contributed by atoms with van der Waals surface area (Å²) in [6.45, 7) is 1.97. The molecule has 0 fully saturated rings. The number of hydrogen-bond acceptors (Lipinski definition) is 4. The van der Waals surface area contributed by atoms with E-state index in [0.29, 0.717) is 11.5 Å². The Bertz CT molecular complexity index is 638. The zero-order chi connectivity index (χ0) is 13.4. The Morgan fingerprint density at radius 1 is 1.21 bits per heavy atom. The number of fused-ring (bicyclic) bond motifs is 2. The molecular formula is C15H15NO3. The van der Waals surface area contributed by atoms with Gasteiger partial charge in [0.05, 0.1) is 19.4 Å². The first-order chi connectivity index (χ1) is 9.21. The predicted octanol–water partition coefficient (Wildman–Crippen LogP) is 3.35. The number of aryl methyl sites for hydroxylation is 1. The number of methoxy groups -OCH3 is 1. The number of hydrogen-bond donors (Lipinski definition) is 2. The molecule has 1 aliphatic heterocycles. The lowest BCUT2D eigenvalue weighted by atomic mass is 10.1. The second-order valence-corrected chi connectivity index (χ2v) is 4.56. The normalized spacial score (nSPS) is 11.9. The van der Waals surface area contributed by atoms with E-state index in [4.69, 9.17) is 9.47 Å². The fraction of sp³-hybridized carbons (Fsp3) is 0.200. The molecule has 0 atom stereocenters. The third kappa shape index (κ3) is 2.00. The van der Waals surface area contributed by atoms with Crippen LogP contribution >= 0.6 is 0 Å². The van der Waals surface area contributed by atoms with E-state index in [1.54, 1.807) is 13.2 Å². The number of anilines is 2. The van der Waals surface area contributed by atoms with E-state index < -0.39 is 0 Å². The SMILES string of the molecule is COc1cc(CO)cc2c1Nc1ccc(C)cc1O2. The first kappa shape index (κ1) is 11.9. The molecule has 0 spiro atoms. The van der Waals surface area contributed by atoms with Crippen LogP contribution < -0.4 is 14.8 Å². The van der Waals surface area contributed by atoms with Crippen molar-refractivity contribution in [2.75, 3.05) is 12.4 Å². The van der Waals surface area contributed by atoms with Crippen LogP contribution in [-0.2, 0) is 6.61 Å². The smallest absolute Gasteiger partial charge is 0.155 e. The lowest BCUT2D eigenvalue weighted by Gasteiger charge is -2.24. The summed E-state index contributed by atoms with van der Waals surface area (Å²) in [5.41, 5.74) is 3.59. The summed E-state index contributed by atoms with van der Waals surface area (Å²) >= 11 is 0. The minimum Gasteiger partial charge on any atom is -0.494 e. The van der Waals surface area contributed by atoms with Crippen LogP contribution in [0.5, 0.6) is 17.2 Å². The van der Waals surface area contributed by atoms with Crippen LogP contribution in [0, 0.1) is 6.92 Å². The molecule has 0 saturated carbocycles. The Morgan fingerprint density at radius 3 is 2.79 bits per heavy atom. The number of aliphatic hydroxyl groups is 1. The average molecular weight is 257 g/mol. The van der Waals surface area contributed by atoms with Crippen molar-refractivity contribution in [1.29, 1.82) is 0 Å². The third-order valence-electron chi connectivity index (χ3n) is 3.14. The zero-order valence-electron chi connectivity index (χ0n) is 10.9. The molecule has 0 aliphatic carbocycles. The summed E-state index contributed by atoms with van der Waals surface area (Å²) in [5.74, 6) is 2.11. The number of benzene rings is 2. The van der Waals surface area contributed by atoms with Crippen LogP contribution in [0.25, 0.3) is 0 Å². The minimum atomic E-state index is -0.0479. The predicted molar refractivity (Wildman–Crippen MR) is 73.5 cm³/mol. The van der Waals surface area contributed by atoms with Gasteiger partial charge in [0, 0.05) is 0 Å². The number of aliphatic hydroxyl groups excluding tert-OH is 1. The minimum absolute atomic E-state index is 0.0479. The van der Waals surface area contributed by atoms with E-state index in [-0.39, 0.29) is 6.61 Å². The monoisotopic (exact) mass is 257 g/mol. The van der Waals surface area contributed by atoms with Crippen LogP contribution in [0.4, 0.5) is 11.4 Å². The third-order valence-corrected chi connectivity index (χ3v) is 3.14. The topological polar surface area (TPSA) is 50.7 Å². The van der Waals surface area contributed by atoms with E-state index in [1.807, 2.05) is 31.2 Å². The lowest BCUT2D eigenvalue weighted by molar-refractivity contribution is 0.280. The van der Waals surface area contributed by atoms with Gasteiger partial charge in [0.15, 0.2) is 11.5 Å². The molecule has 2 N–H and O–H groups in total. The van der Waals surface area contributed by atoms with Gasteiger partial charge in [-0.3, -0.25) is 0 Å². The van der Waals surface area contributed by atoms with Crippen molar-refractivity contribution in [1.82, 2.24) is 0 Å². The van der Waals surface area contributed by atoms with Crippen LogP contribution in [0.3, 0.4) is 0 Å². The van der Waals surface area contributed by atoms with Crippen molar-refractivity contribution >= 4 is 11.4 Å². The van der Waals surface area contributed by atoms with Gasteiger partial charge in [0.1, 0.15) is 11.4 Å². The van der Waals surface area contributed by atoms with Crippen molar-refractivity contribution < 1.29 is 14.6 Å². The van der Waals surface area contributed by atoms with Crippen LogP contribution in [0.15, 0.2) is 30.3 Å². The van der Waals surface area contributed by atoms with E-state index >= 15 is 0 Å². The maximum absolute atomic E-state index is 9.27. The Kier molecular flexibility index (Phi) is 2.80. The highest BCUT2D eigenvalue weighted by atomic mass is 16.5. The molecular weight excluding hydrogens is 242 g/mol. The maximum Gasteiger partial charge on any atom is 0.155 e. The van der Waals surface area contributed by atoms with Gasteiger partial charge < -0.3 is 19.9 Å². The summed E-state index contributed by atoms with van der Waals surface area (Å²) in [7, 11) is 1.60. The van der Waals surface area contributed by atoms with Gasteiger partial charge >= 0.3 is 0 Å². The summed E-state index contributed by atoms with van der Waals surface area (Å²) in [4.78, 5) is 0. The Morgan fingerprint density at radius 2 is 2.05 bits per heavy atom. The van der Waals surface area contributed by atoms with Crippen molar-refractivity contribution in [3.05, 3.63) is 41.5 Å². The summed E-state index contributed by atoms with van der Waals surface area (Å²) < 4.78 is 11.2. The molecule has 0 bridgehead atoms. The van der Waals surface area contributed by atoms with Gasteiger partial charge in [0.2, 0.25) is 0 Å². The molecule has 0 radical (unpaired) electrons. The van der Waals surface area contributed by atoms with E-state index in [2.05, 4.69) is 5.32 Å². The molecule has 4 heteroatoms. The first-order valence-corrected chi connectivity index (χ1v) is 6.08. The fourth-order valence-electron chi connectivity index (χ4n) is 2.17. The lowest BCUT2D eigenvalue weighted by Crippen LogP contribution is -2.05. The van der Waals surface area contributed by atoms with Gasteiger partial charge in [-0.1, -0.05) is 6.07 Å².